The normalized spacial score (nSPS) is 17.0. The molecule has 21 heavy (non-hydrogen) atoms. The van der Waals surface area contributed by atoms with Gasteiger partial charge in [-0.05, 0) is 49.9 Å². The predicted molar refractivity (Wildman–Crippen MR) is 72.1 cm³/mol. The van der Waals surface area contributed by atoms with Gasteiger partial charge in [-0.3, -0.25) is 9.59 Å². The van der Waals surface area contributed by atoms with E-state index in [9.17, 15) is 23.5 Å². The Labute approximate surface area is 120 Å². The van der Waals surface area contributed by atoms with E-state index in [-0.39, 0.29) is 24.1 Å². The van der Waals surface area contributed by atoms with Gasteiger partial charge < -0.3 is 16.2 Å². The summed E-state index contributed by atoms with van der Waals surface area (Å²) >= 11 is 0. The molecule has 0 radical (unpaired) electrons. The lowest BCUT2D eigenvalue weighted by molar-refractivity contribution is -0.212. The van der Waals surface area contributed by atoms with Crippen molar-refractivity contribution in [1.82, 2.24) is 0 Å². The fourth-order valence-electron chi connectivity index (χ4n) is 2.26. The first kappa shape index (κ1) is 15.4. The van der Waals surface area contributed by atoms with Crippen LogP contribution in [0.25, 0.3) is 0 Å². The molecule has 1 fully saturated rings. The van der Waals surface area contributed by atoms with Gasteiger partial charge in [-0.1, -0.05) is 0 Å². The van der Waals surface area contributed by atoms with Crippen molar-refractivity contribution in [1.29, 1.82) is 0 Å². The van der Waals surface area contributed by atoms with Crippen LogP contribution in [0.1, 0.15) is 35.2 Å². The van der Waals surface area contributed by atoms with Gasteiger partial charge >= 0.3 is 5.92 Å². The van der Waals surface area contributed by atoms with E-state index < -0.39 is 23.3 Å². The van der Waals surface area contributed by atoms with Gasteiger partial charge in [0, 0.05) is 11.3 Å². The summed E-state index contributed by atoms with van der Waals surface area (Å²) in [6.45, 7) is 1.58. The number of anilines is 1. The molecule has 2 amide bonds. The summed E-state index contributed by atoms with van der Waals surface area (Å²) in [6.07, 6.45) is 0.256. The Hall–Kier alpha value is -2.02. The van der Waals surface area contributed by atoms with Crippen molar-refractivity contribution in [3.8, 4) is 0 Å². The molecule has 5 nitrogen and oxygen atoms in total. The highest BCUT2D eigenvalue weighted by Crippen LogP contribution is 2.44. The average molecular weight is 298 g/mol. The number of nitrogens with two attached hydrogens (primary N) is 1. The Morgan fingerprint density at radius 3 is 2.43 bits per heavy atom. The number of aliphatic hydroxyl groups is 1. The molecule has 0 atom stereocenters. The molecule has 0 unspecified atom stereocenters. The van der Waals surface area contributed by atoms with Crippen molar-refractivity contribution >= 4 is 17.5 Å². The largest absolute Gasteiger partial charge is 0.383 e. The molecule has 1 saturated carbocycles. The van der Waals surface area contributed by atoms with E-state index in [2.05, 4.69) is 5.32 Å². The summed E-state index contributed by atoms with van der Waals surface area (Å²) in [5.74, 6) is -6.06. The number of carbonyl (C=O) groups is 2. The van der Waals surface area contributed by atoms with Crippen molar-refractivity contribution in [3.05, 3.63) is 29.3 Å². The Kier molecular flexibility index (Phi) is 3.71. The van der Waals surface area contributed by atoms with Crippen molar-refractivity contribution in [2.45, 2.75) is 37.7 Å². The number of alkyl halides is 2. The van der Waals surface area contributed by atoms with Crippen molar-refractivity contribution in [2.24, 2.45) is 5.73 Å². The summed E-state index contributed by atoms with van der Waals surface area (Å²) in [5.41, 5.74) is 3.70. The SMILES string of the molecule is Cc1cc(NC(=O)C(F)(F)C2(O)CCC2)ccc1C(N)=O. The molecular formula is C14H16F2N2O3. The van der Waals surface area contributed by atoms with Crippen LogP contribution in [-0.4, -0.2) is 28.4 Å². The zero-order chi connectivity index (χ0) is 15.8. The number of hydrogen-bond acceptors (Lipinski definition) is 3. The van der Waals surface area contributed by atoms with E-state index in [0.717, 1.165) is 0 Å². The monoisotopic (exact) mass is 298 g/mol. The van der Waals surface area contributed by atoms with Gasteiger partial charge in [0.05, 0.1) is 0 Å². The van der Waals surface area contributed by atoms with Crippen LogP contribution in [0.3, 0.4) is 0 Å². The first-order valence-corrected chi connectivity index (χ1v) is 6.49. The molecule has 1 aliphatic carbocycles. The minimum Gasteiger partial charge on any atom is -0.383 e. The third kappa shape index (κ3) is 2.61. The maximum atomic E-state index is 13.9. The second kappa shape index (κ2) is 5.07. The fraction of sp³-hybridized carbons (Fsp3) is 0.429. The molecule has 0 spiro atoms. The lowest BCUT2D eigenvalue weighted by Gasteiger charge is -2.41. The zero-order valence-corrected chi connectivity index (χ0v) is 11.5. The molecule has 0 aromatic heterocycles. The zero-order valence-electron chi connectivity index (χ0n) is 11.5. The number of benzene rings is 1. The number of halogens is 2. The third-order valence-corrected chi connectivity index (χ3v) is 3.80. The molecule has 0 bridgehead atoms. The molecule has 4 N–H and O–H groups in total. The summed E-state index contributed by atoms with van der Waals surface area (Å²) in [7, 11) is 0. The van der Waals surface area contributed by atoms with Crippen LogP contribution < -0.4 is 11.1 Å². The molecule has 1 aromatic rings. The standard InChI is InChI=1S/C14H16F2N2O3/c1-8-7-9(3-4-10(8)11(17)19)18-12(20)14(15,16)13(21)5-2-6-13/h3-4,7,21H,2,5-6H2,1H3,(H2,17,19)(H,18,20). The molecule has 114 valence electrons. The maximum Gasteiger partial charge on any atom is 0.352 e. The quantitative estimate of drug-likeness (QED) is 0.788. The van der Waals surface area contributed by atoms with Gasteiger partial charge in [0.1, 0.15) is 5.60 Å². The maximum absolute atomic E-state index is 13.9. The second-order valence-electron chi connectivity index (χ2n) is 5.31. The highest BCUT2D eigenvalue weighted by Gasteiger charge is 2.61. The summed E-state index contributed by atoms with van der Waals surface area (Å²) < 4.78 is 27.8. The minimum atomic E-state index is -3.86. The lowest BCUT2D eigenvalue weighted by Crippen LogP contribution is -2.59. The molecule has 7 heteroatoms. The second-order valence-corrected chi connectivity index (χ2v) is 5.31. The average Bonchev–Trinajstić information content (AvgIpc) is 2.35. The number of rotatable bonds is 4. The summed E-state index contributed by atoms with van der Waals surface area (Å²) in [6, 6.07) is 4.04. The molecule has 0 heterocycles. The van der Waals surface area contributed by atoms with E-state index in [4.69, 9.17) is 5.73 Å². The molecule has 1 aliphatic rings. The molecule has 1 aromatic carbocycles. The van der Waals surface area contributed by atoms with Gasteiger partial charge in [0.15, 0.2) is 0 Å². The lowest BCUT2D eigenvalue weighted by atomic mass is 9.75. The number of amides is 2. The van der Waals surface area contributed by atoms with Gasteiger partial charge in [0.25, 0.3) is 5.91 Å². The van der Waals surface area contributed by atoms with E-state index >= 15 is 0 Å². The van der Waals surface area contributed by atoms with Crippen molar-refractivity contribution < 1.29 is 23.5 Å². The first-order valence-electron chi connectivity index (χ1n) is 6.49. The third-order valence-electron chi connectivity index (χ3n) is 3.80. The number of aryl methyl sites for hydroxylation is 1. The summed E-state index contributed by atoms with van der Waals surface area (Å²) in [4.78, 5) is 22.8. The predicted octanol–water partition coefficient (Wildman–Crippen LogP) is 1.58. The number of primary amides is 1. The molecular weight excluding hydrogens is 282 g/mol. The topological polar surface area (TPSA) is 92.4 Å². The van der Waals surface area contributed by atoms with Crippen LogP contribution >= 0.6 is 0 Å². The Morgan fingerprint density at radius 1 is 1.38 bits per heavy atom. The van der Waals surface area contributed by atoms with Crippen LogP contribution in [0, 0.1) is 6.92 Å². The van der Waals surface area contributed by atoms with Crippen LogP contribution in [0.15, 0.2) is 18.2 Å². The van der Waals surface area contributed by atoms with Gasteiger partial charge in [-0.25, -0.2) is 0 Å². The summed E-state index contributed by atoms with van der Waals surface area (Å²) in [5, 5.41) is 11.7. The Morgan fingerprint density at radius 2 is 2.00 bits per heavy atom. The van der Waals surface area contributed by atoms with E-state index in [1.807, 2.05) is 0 Å². The van der Waals surface area contributed by atoms with Gasteiger partial charge in [-0.15, -0.1) is 0 Å². The highest BCUT2D eigenvalue weighted by molar-refractivity contribution is 5.99. The van der Waals surface area contributed by atoms with E-state index in [1.165, 1.54) is 18.2 Å². The van der Waals surface area contributed by atoms with Gasteiger partial charge in [-0.2, -0.15) is 8.78 Å². The Balaban J connectivity index is 2.16. The van der Waals surface area contributed by atoms with Crippen LogP contribution in [0.4, 0.5) is 14.5 Å². The Bertz CT molecular complexity index is 598. The minimum absolute atomic E-state index is 0.104. The van der Waals surface area contributed by atoms with Crippen LogP contribution in [0.5, 0.6) is 0 Å². The van der Waals surface area contributed by atoms with Crippen LogP contribution in [0.2, 0.25) is 0 Å². The van der Waals surface area contributed by atoms with E-state index in [0.29, 0.717) is 12.0 Å². The van der Waals surface area contributed by atoms with Crippen molar-refractivity contribution in [3.63, 3.8) is 0 Å². The fourth-order valence-corrected chi connectivity index (χ4v) is 2.26. The molecule has 2 rings (SSSR count). The van der Waals surface area contributed by atoms with Crippen molar-refractivity contribution in [2.75, 3.05) is 5.32 Å². The van der Waals surface area contributed by atoms with Crippen LogP contribution in [-0.2, 0) is 4.79 Å². The molecule has 0 saturated heterocycles. The molecule has 0 aliphatic heterocycles. The number of nitrogens with one attached hydrogen (secondary N) is 1. The smallest absolute Gasteiger partial charge is 0.352 e. The first-order chi connectivity index (χ1) is 9.67. The number of hydrogen-bond donors (Lipinski definition) is 3. The van der Waals surface area contributed by atoms with E-state index in [1.54, 1.807) is 6.92 Å². The van der Waals surface area contributed by atoms with Gasteiger partial charge in [0.2, 0.25) is 5.91 Å². The number of carbonyl (C=O) groups excluding carboxylic acids is 2. The highest BCUT2D eigenvalue weighted by atomic mass is 19.3.